The molecule has 1 spiro atoms. The number of hydrogen-bond acceptors (Lipinski definition) is 4. The normalized spacial score (nSPS) is 17.0. The van der Waals surface area contributed by atoms with E-state index >= 15 is 0 Å². The highest BCUT2D eigenvalue weighted by atomic mass is 19.4. The summed E-state index contributed by atoms with van der Waals surface area (Å²) in [6.45, 7) is 14.5. The first-order valence-corrected chi connectivity index (χ1v) is 14.4. The smallest absolute Gasteiger partial charge is 0.490 e. The molecule has 0 saturated carbocycles. The van der Waals surface area contributed by atoms with Crippen molar-refractivity contribution >= 4 is 11.9 Å². The molecule has 41 heavy (non-hydrogen) atoms. The van der Waals surface area contributed by atoms with Gasteiger partial charge < -0.3 is 14.7 Å². The summed E-state index contributed by atoms with van der Waals surface area (Å²) in [6.07, 6.45) is -1.09. The summed E-state index contributed by atoms with van der Waals surface area (Å²) in [6, 6.07) is 17.1. The lowest BCUT2D eigenvalue weighted by Crippen LogP contribution is -2.44. The van der Waals surface area contributed by atoms with Crippen LogP contribution in [0.3, 0.4) is 0 Å². The third-order valence-electron chi connectivity index (χ3n) is 7.88. The molecule has 0 aromatic heterocycles. The monoisotopic (exact) mass is 576 g/mol. The fraction of sp³-hybridized carbons (Fsp3) is 0.562. The molecular formula is C32H43F3N2O4. The van der Waals surface area contributed by atoms with Crippen LogP contribution in [0.4, 0.5) is 13.2 Å². The molecule has 2 aromatic rings. The highest BCUT2D eigenvalue weighted by Crippen LogP contribution is 2.41. The number of hydrogen-bond donors (Lipinski definition) is 1. The van der Waals surface area contributed by atoms with Crippen LogP contribution in [0.1, 0.15) is 69.6 Å². The molecule has 1 N–H and O–H groups in total. The minimum atomic E-state index is -5.08. The molecule has 0 radical (unpaired) electrons. The molecule has 2 aromatic carbocycles. The van der Waals surface area contributed by atoms with E-state index in [1.165, 1.54) is 17.5 Å². The lowest BCUT2D eigenvalue weighted by atomic mass is 9.77. The van der Waals surface area contributed by atoms with Gasteiger partial charge in [-0.3, -0.25) is 9.69 Å². The number of nitrogens with zero attached hydrogens (tertiary/aromatic N) is 2. The summed E-state index contributed by atoms with van der Waals surface area (Å²) in [5.74, 6) is -0.407. The number of carboxylic acids is 1. The zero-order valence-corrected chi connectivity index (χ0v) is 24.5. The van der Waals surface area contributed by atoms with Crippen LogP contribution in [0.2, 0.25) is 0 Å². The van der Waals surface area contributed by atoms with E-state index in [-0.39, 0.29) is 5.91 Å². The Morgan fingerprint density at radius 3 is 2.10 bits per heavy atom. The summed E-state index contributed by atoms with van der Waals surface area (Å²) in [4.78, 5) is 26.5. The van der Waals surface area contributed by atoms with Gasteiger partial charge in [-0.05, 0) is 60.3 Å². The maximum absolute atomic E-state index is 12.9. The average molecular weight is 577 g/mol. The van der Waals surface area contributed by atoms with Crippen molar-refractivity contribution in [2.24, 2.45) is 11.3 Å². The number of para-hydroxylation sites is 1. The second-order valence-corrected chi connectivity index (χ2v) is 12.0. The Hall–Kier alpha value is -3.07. The average Bonchev–Trinajstić information content (AvgIpc) is 3.30. The van der Waals surface area contributed by atoms with Gasteiger partial charge in [-0.25, -0.2) is 4.79 Å². The number of amides is 1. The summed E-state index contributed by atoms with van der Waals surface area (Å²) in [7, 11) is 0. The van der Waals surface area contributed by atoms with E-state index < -0.39 is 12.1 Å². The molecule has 0 unspecified atom stereocenters. The van der Waals surface area contributed by atoms with Crippen LogP contribution in [-0.2, 0) is 22.6 Å². The number of ether oxygens (including phenoxy) is 1. The molecule has 2 saturated heterocycles. The topological polar surface area (TPSA) is 70.1 Å². The first-order chi connectivity index (χ1) is 19.3. The SMILES string of the molecule is CC(C)COc1ccccc1CN1CCC2(CCN(C(=O)Cc3ccc(C(C)C)cc3)CC2)C1.O=C(O)C(F)(F)F. The Morgan fingerprint density at radius 2 is 1.54 bits per heavy atom. The number of benzene rings is 2. The third kappa shape index (κ3) is 9.76. The Kier molecular flexibility index (Phi) is 11.2. The maximum atomic E-state index is 12.9. The van der Waals surface area contributed by atoms with Gasteiger partial charge in [0.05, 0.1) is 13.0 Å². The molecular weight excluding hydrogens is 533 g/mol. The zero-order valence-electron chi connectivity index (χ0n) is 24.5. The van der Waals surface area contributed by atoms with E-state index in [0.29, 0.717) is 23.7 Å². The van der Waals surface area contributed by atoms with Gasteiger partial charge in [0.25, 0.3) is 0 Å². The quantitative estimate of drug-likeness (QED) is 0.387. The van der Waals surface area contributed by atoms with E-state index in [4.69, 9.17) is 14.6 Å². The van der Waals surface area contributed by atoms with Crippen LogP contribution in [0.25, 0.3) is 0 Å². The number of carbonyl (C=O) groups excluding carboxylic acids is 1. The van der Waals surface area contributed by atoms with Crippen molar-refractivity contribution in [1.82, 2.24) is 9.80 Å². The highest BCUT2D eigenvalue weighted by Gasteiger charge is 2.41. The van der Waals surface area contributed by atoms with E-state index in [1.807, 2.05) is 0 Å². The second kappa shape index (κ2) is 14.2. The summed E-state index contributed by atoms with van der Waals surface area (Å²) < 4.78 is 37.8. The van der Waals surface area contributed by atoms with Crippen molar-refractivity contribution in [2.45, 2.75) is 72.0 Å². The molecule has 0 atom stereocenters. The van der Waals surface area contributed by atoms with Crippen molar-refractivity contribution in [3.05, 3.63) is 65.2 Å². The molecule has 1 amide bonds. The van der Waals surface area contributed by atoms with Gasteiger partial charge >= 0.3 is 12.1 Å². The number of alkyl halides is 3. The van der Waals surface area contributed by atoms with Gasteiger partial charge in [0.1, 0.15) is 5.75 Å². The summed E-state index contributed by atoms with van der Waals surface area (Å²) in [5.41, 5.74) is 4.11. The van der Waals surface area contributed by atoms with Crippen LogP contribution in [-0.4, -0.2) is 65.7 Å². The Bertz CT molecular complexity index is 1140. The Labute approximate surface area is 241 Å². The van der Waals surface area contributed by atoms with Crippen LogP contribution >= 0.6 is 0 Å². The minimum absolute atomic E-state index is 0.276. The van der Waals surface area contributed by atoms with Crippen molar-refractivity contribution in [2.75, 3.05) is 32.8 Å². The van der Waals surface area contributed by atoms with Gasteiger partial charge in [-0.2, -0.15) is 13.2 Å². The molecule has 2 fully saturated rings. The van der Waals surface area contributed by atoms with E-state index in [9.17, 15) is 18.0 Å². The number of rotatable bonds is 8. The van der Waals surface area contributed by atoms with Crippen LogP contribution < -0.4 is 4.74 Å². The first kappa shape index (κ1) is 32.4. The lowest BCUT2D eigenvalue weighted by Gasteiger charge is -2.39. The van der Waals surface area contributed by atoms with Crippen molar-refractivity contribution in [3.63, 3.8) is 0 Å². The summed E-state index contributed by atoms with van der Waals surface area (Å²) >= 11 is 0. The van der Waals surface area contributed by atoms with E-state index in [2.05, 4.69) is 86.0 Å². The molecule has 2 aliphatic heterocycles. The molecule has 9 heteroatoms. The van der Waals surface area contributed by atoms with Crippen molar-refractivity contribution < 1.29 is 32.6 Å². The van der Waals surface area contributed by atoms with Gasteiger partial charge in [0, 0.05) is 31.7 Å². The van der Waals surface area contributed by atoms with Gasteiger partial charge in [-0.1, -0.05) is 70.2 Å². The lowest BCUT2D eigenvalue weighted by molar-refractivity contribution is -0.192. The van der Waals surface area contributed by atoms with Crippen LogP contribution in [0.5, 0.6) is 5.75 Å². The maximum Gasteiger partial charge on any atom is 0.490 e. The number of halogens is 3. The van der Waals surface area contributed by atoms with E-state index in [0.717, 1.165) is 63.5 Å². The fourth-order valence-electron chi connectivity index (χ4n) is 5.38. The molecule has 2 aliphatic rings. The molecule has 4 rings (SSSR count). The van der Waals surface area contributed by atoms with Crippen molar-refractivity contribution in [1.29, 1.82) is 0 Å². The van der Waals surface area contributed by atoms with Gasteiger partial charge in [-0.15, -0.1) is 0 Å². The zero-order chi connectivity index (χ0) is 30.2. The van der Waals surface area contributed by atoms with Crippen LogP contribution in [0.15, 0.2) is 48.5 Å². The largest absolute Gasteiger partial charge is 0.493 e. The number of aliphatic carboxylic acids is 1. The number of carboxylic acid groups (broad SMARTS) is 1. The summed E-state index contributed by atoms with van der Waals surface area (Å²) in [5, 5.41) is 7.12. The molecule has 0 bridgehead atoms. The number of carbonyl (C=O) groups is 2. The Balaban J connectivity index is 0.000000587. The second-order valence-electron chi connectivity index (χ2n) is 12.0. The Morgan fingerprint density at radius 1 is 0.951 bits per heavy atom. The molecule has 6 nitrogen and oxygen atoms in total. The fourth-order valence-corrected chi connectivity index (χ4v) is 5.38. The van der Waals surface area contributed by atoms with E-state index in [1.54, 1.807) is 0 Å². The minimum Gasteiger partial charge on any atom is -0.493 e. The number of piperidine rings is 1. The third-order valence-corrected chi connectivity index (χ3v) is 7.88. The molecule has 226 valence electrons. The van der Waals surface area contributed by atoms with Gasteiger partial charge in [0.15, 0.2) is 0 Å². The predicted molar refractivity (Wildman–Crippen MR) is 153 cm³/mol. The predicted octanol–water partition coefficient (Wildman–Crippen LogP) is 6.54. The highest BCUT2D eigenvalue weighted by molar-refractivity contribution is 5.79. The standard InChI is InChI=1S/C30H42N2O2.C2HF3O2/c1-23(2)21-34-28-8-6-5-7-27(28)20-31-16-13-30(22-31)14-17-32(18-15-30)29(33)19-25-9-11-26(12-10-25)24(3)4;3-2(4,5)1(6)7/h5-12,23-24H,13-22H2,1-4H3;(H,6,7). The van der Waals surface area contributed by atoms with Crippen molar-refractivity contribution in [3.8, 4) is 5.75 Å². The van der Waals surface area contributed by atoms with Crippen LogP contribution in [0, 0.1) is 11.3 Å². The molecule has 0 aliphatic carbocycles. The molecule has 2 heterocycles. The van der Waals surface area contributed by atoms with Gasteiger partial charge in [0.2, 0.25) is 5.91 Å². The first-order valence-electron chi connectivity index (χ1n) is 14.4. The number of likely N-dealkylation sites (tertiary alicyclic amines) is 2.